The lowest BCUT2D eigenvalue weighted by molar-refractivity contribution is 0.560. The molecule has 1 aromatic heterocycles. The van der Waals surface area contributed by atoms with Gasteiger partial charge in [0.25, 0.3) is 0 Å². The molecule has 0 saturated carbocycles. The van der Waals surface area contributed by atoms with E-state index in [2.05, 4.69) is 10.2 Å². The molecule has 90 valence electrons. The Morgan fingerprint density at radius 3 is 2.61 bits per heavy atom. The largest absolute Gasteiger partial charge is 0.463 e. The fourth-order valence-electron chi connectivity index (χ4n) is 1.43. The molecule has 0 atom stereocenters. The van der Waals surface area contributed by atoms with Gasteiger partial charge >= 0.3 is 0 Å². The van der Waals surface area contributed by atoms with Crippen molar-refractivity contribution in [2.45, 2.75) is 6.92 Å². The minimum atomic E-state index is 0.692. The molecule has 0 saturated heterocycles. The molecule has 3 nitrogen and oxygen atoms in total. The van der Waals surface area contributed by atoms with Gasteiger partial charge in [-0.3, -0.25) is 0 Å². The molecular weight excluding hydrogens is 224 g/mol. The summed E-state index contributed by atoms with van der Waals surface area (Å²) in [5.41, 5.74) is 2.19. The van der Waals surface area contributed by atoms with Gasteiger partial charge in [-0.05, 0) is 30.2 Å². The summed E-state index contributed by atoms with van der Waals surface area (Å²) in [5.74, 6) is 0.692. The third-order valence-corrected chi connectivity index (χ3v) is 2.25. The molecule has 0 unspecified atom stereocenters. The van der Waals surface area contributed by atoms with Crippen molar-refractivity contribution in [2.75, 3.05) is 0 Å². The molecule has 1 heterocycles. The smallest absolute Gasteiger partial charge is 0.146 e. The fourth-order valence-corrected chi connectivity index (χ4v) is 1.43. The van der Waals surface area contributed by atoms with Crippen molar-refractivity contribution < 1.29 is 4.42 Å². The van der Waals surface area contributed by atoms with E-state index in [4.69, 9.17) is 4.42 Å². The lowest BCUT2D eigenvalue weighted by Crippen LogP contribution is -1.79. The summed E-state index contributed by atoms with van der Waals surface area (Å²) in [5, 5.41) is 7.86. The van der Waals surface area contributed by atoms with Gasteiger partial charge in [-0.1, -0.05) is 36.4 Å². The van der Waals surface area contributed by atoms with Crippen molar-refractivity contribution in [3.05, 3.63) is 65.6 Å². The van der Waals surface area contributed by atoms with Gasteiger partial charge in [0.1, 0.15) is 5.76 Å². The Morgan fingerprint density at radius 1 is 1.06 bits per heavy atom. The van der Waals surface area contributed by atoms with Gasteiger partial charge in [0.15, 0.2) is 0 Å². The first-order chi connectivity index (χ1) is 8.84. The molecular formula is C15H14N2O. The van der Waals surface area contributed by atoms with Crippen LogP contribution in [-0.2, 0) is 0 Å². The number of allylic oxidation sites excluding steroid dienone is 1. The van der Waals surface area contributed by atoms with Crippen molar-refractivity contribution in [1.29, 1.82) is 0 Å². The number of benzene rings is 1. The average molecular weight is 238 g/mol. The van der Waals surface area contributed by atoms with Crippen LogP contribution in [-0.4, -0.2) is 12.4 Å². The highest BCUT2D eigenvalue weighted by Crippen LogP contribution is 2.04. The van der Waals surface area contributed by atoms with E-state index in [1.807, 2.05) is 55.5 Å². The van der Waals surface area contributed by atoms with Crippen LogP contribution in [0.3, 0.4) is 0 Å². The maximum Gasteiger partial charge on any atom is 0.146 e. The molecule has 0 aliphatic carbocycles. The zero-order valence-corrected chi connectivity index (χ0v) is 10.2. The van der Waals surface area contributed by atoms with Gasteiger partial charge in [-0.2, -0.15) is 10.2 Å². The molecule has 2 aromatic rings. The lowest BCUT2D eigenvalue weighted by atomic mass is 10.1. The maximum atomic E-state index is 5.10. The van der Waals surface area contributed by atoms with Crippen LogP contribution in [0.25, 0.3) is 6.08 Å². The zero-order valence-electron chi connectivity index (χ0n) is 10.2. The Balaban J connectivity index is 1.95. The van der Waals surface area contributed by atoms with Crippen LogP contribution in [0.2, 0.25) is 0 Å². The third kappa shape index (κ3) is 3.87. The van der Waals surface area contributed by atoms with Gasteiger partial charge < -0.3 is 4.42 Å². The zero-order chi connectivity index (χ0) is 12.6. The molecule has 2 rings (SSSR count). The first kappa shape index (κ1) is 12.0. The van der Waals surface area contributed by atoms with Crippen molar-refractivity contribution in [2.24, 2.45) is 10.2 Å². The Bertz CT molecular complexity index is 551. The predicted octanol–water partition coefficient (Wildman–Crippen LogP) is 3.79. The minimum Gasteiger partial charge on any atom is -0.463 e. The average Bonchev–Trinajstić information content (AvgIpc) is 2.89. The molecule has 3 heteroatoms. The molecule has 0 spiro atoms. The molecule has 18 heavy (non-hydrogen) atoms. The van der Waals surface area contributed by atoms with Crippen LogP contribution in [0.1, 0.15) is 18.2 Å². The SMILES string of the molecule is CC(/C=N\N=C\c1ccco1)=C/c1ccccc1. The van der Waals surface area contributed by atoms with Crippen molar-refractivity contribution in [1.82, 2.24) is 0 Å². The van der Waals surface area contributed by atoms with Gasteiger partial charge in [-0.15, -0.1) is 0 Å². The summed E-state index contributed by atoms with van der Waals surface area (Å²) in [6.45, 7) is 1.99. The molecule has 0 fully saturated rings. The Kier molecular flexibility index (Phi) is 4.25. The van der Waals surface area contributed by atoms with Crippen LogP contribution >= 0.6 is 0 Å². The Hall–Kier alpha value is -2.42. The predicted molar refractivity (Wildman–Crippen MR) is 74.9 cm³/mol. The second-order valence-corrected chi connectivity index (χ2v) is 3.80. The van der Waals surface area contributed by atoms with Crippen molar-refractivity contribution in [3.63, 3.8) is 0 Å². The summed E-state index contributed by atoms with van der Waals surface area (Å²) >= 11 is 0. The van der Waals surface area contributed by atoms with Crippen LogP contribution in [0.5, 0.6) is 0 Å². The highest BCUT2D eigenvalue weighted by molar-refractivity contribution is 5.85. The summed E-state index contributed by atoms with van der Waals surface area (Å²) in [6, 6.07) is 13.7. The summed E-state index contributed by atoms with van der Waals surface area (Å²) in [6.07, 6.45) is 6.94. The molecule has 0 bridgehead atoms. The lowest BCUT2D eigenvalue weighted by Gasteiger charge is -1.92. The number of furan rings is 1. The Labute approximate surface area is 106 Å². The van der Waals surface area contributed by atoms with E-state index in [0.29, 0.717) is 5.76 Å². The van der Waals surface area contributed by atoms with Gasteiger partial charge in [-0.25, -0.2) is 0 Å². The van der Waals surface area contributed by atoms with E-state index in [1.165, 1.54) is 0 Å². The minimum absolute atomic E-state index is 0.692. The summed E-state index contributed by atoms with van der Waals surface area (Å²) in [4.78, 5) is 0. The van der Waals surface area contributed by atoms with Crippen LogP contribution in [0, 0.1) is 0 Å². The van der Waals surface area contributed by atoms with E-state index in [9.17, 15) is 0 Å². The van der Waals surface area contributed by atoms with Crippen LogP contribution in [0.15, 0.2) is 68.9 Å². The summed E-state index contributed by atoms with van der Waals surface area (Å²) in [7, 11) is 0. The van der Waals surface area contributed by atoms with Gasteiger partial charge in [0.2, 0.25) is 0 Å². The number of hydrogen-bond donors (Lipinski definition) is 0. The monoisotopic (exact) mass is 238 g/mol. The van der Waals surface area contributed by atoms with E-state index >= 15 is 0 Å². The van der Waals surface area contributed by atoms with Crippen molar-refractivity contribution >= 4 is 18.5 Å². The van der Waals surface area contributed by atoms with E-state index in [1.54, 1.807) is 18.7 Å². The quantitative estimate of drug-likeness (QED) is 0.590. The molecule has 0 aliphatic heterocycles. The number of nitrogens with zero attached hydrogens (tertiary/aromatic N) is 2. The highest BCUT2D eigenvalue weighted by atomic mass is 16.3. The first-order valence-corrected chi connectivity index (χ1v) is 5.68. The first-order valence-electron chi connectivity index (χ1n) is 5.68. The summed E-state index contributed by atoms with van der Waals surface area (Å²) < 4.78 is 5.10. The molecule has 0 amide bonds. The molecule has 1 aromatic carbocycles. The fraction of sp³-hybridized carbons (Fsp3) is 0.0667. The third-order valence-electron chi connectivity index (χ3n) is 2.25. The molecule has 0 N–H and O–H groups in total. The standard InChI is InChI=1S/C15H14N2O/c1-13(10-14-6-3-2-4-7-14)11-16-17-12-15-8-5-9-18-15/h2-12H,1H3/b13-10-,16-11-,17-12+. The molecule has 0 radical (unpaired) electrons. The van der Waals surface area contributed by atoms with Gasteiger partial charge in [0.05, 0.1) is 18.7 Å². The van der Waals surface area contributed by atoms with Crippen LogP contribution < -0.4 is 0 Å². The van der Waals surface area contributed by atoms with E-state index in [-0.39, 0.29) is 0 Å². The Morgan fingerprint density at radius 2 is 1.89 bits per heavy atom. The van der Waals surface area contributed by atoms with E-state index in [0.717, 1.165) is 11.1 Å². The second kappa shape index (κ2) is 6.35. The van der Waals surface area contributed by atoms with Crippen LogP contribution in [0.4, 0.5) is 0 Å². The molecule has 0 aliphatic rings. The topological polar surface area (TPSA) is 37.9 Å². The van der Waals surface area contributed by atoms with Crippen molar-refractivity contribution in [3.8, 4) is 0 Å². The second-order valence-electron chi connectivity index (χ2n) is 3.80. The van der Waals surface area contributed by atoms with E-state index < -0.39 is 0 Å². The number of rotatable bonds is 4. The normalized spacial score (nSPS) is 12.6. The number of hydrogen-bond acceptors (Lipinski definition) is 3. The van der Waals surface area contributed by atoms with Gasteiger partial charge in [0, 0.05) is 0 Å². The highest BCUT2D eigenvalue weighted by Gasteiger charge is 1.88. The maximum absolute atomic E-state index is 5.10.